The van der Waals surface area contributed by atoms with Crippen molar-refractivity contribution in [1.29, 1.82) is 0 Å². The summed E-state index contributed by atoms with van der Waals surface area (Å²) in [6.45, 7) is 16.7. The first-order valence-electron chi connectivity index (χ1n) is 12.6. The van der Waals surface area contributed by atoms with Gasteiger partial charge in [-0.1, -0.05) is 20.8 Å². The second kappa shape index (κ2) is 10.8. The molecule has 2 N–H and O–H groups in total. The Morgan fingerprint density at radius 2 is 2.13 bits per heavy atom. The molecule has 0 radical (unpaired) electrons. The van der Waals surface area contributed by atoms with Gasteiger partial charge in [0.25, 0.3) is 0 Å². The van der Waals surface area contributed by atoms with E-state index in [1.807, 2.05) is 25.5 Å². The number of imidazole rings is 1. The molecule has 4 heterocycles. The number of anilines is 2. The molecule has 1 atom stereocenters. The Kier molecular flexibility index (Phi) is 7.68. The third kappa shape index (κ3) is 5.62. The van der Waals surface area contributed by atoms with Gasteiger partial charge in [0, 0.05) is 49.4 Å². The number of carbonyl (C=O) groups excluding carboxylic acids is 1. The molecule has 4 rings (SSSR count). The van der Waals surface area contributed by atoms with E-state index >= 15 is 0 Å². The fourth-order valence-corrected chi connectivity index (χ4v) is 4.40. The third-order valence-electron chi connectivity index (χ3n) is 6.37. The highest BCUT2D eigenvalue weighted by molar-refractivity contribution is 5.81. The van der Waals surface area contributed by atoms with E-state index in [2.05, 4.69) is 58.8 Å². The first kappa shape index (κ1) is 27.1. The second-order valence-electron chi connectivity index (χ2n) is 10.3. The van der Waals surface area contributed by atoms with E-state index in [1.165, 1.54) is 6.92 Å². The quantitative estimate of drug-likeness (QED) is 0.256. The number of pyridine rings is 1. The lowest BCUT2D eigenvalue weighted by Crippen LogP contribution is -2.22. The Morgan fingerprint density at radius 3 is 2.74 bits per heavy atom. The number of allylic oxidation sites excluding steroid dienone is 2. The fraction of sp³-hybridized carbons (Fsp3) is 0.444. The van der Waals surface area contributed by atoms with Gasteiger partial charge in [0.05, 0.1) is 24.4 Å². The average Bonchev–Trinajstić information content (AvgIpc) is 3.59. The summed E-state index contributed by atoms with van der Waals surface area (Å²) in [6, 6.07) is 2.30. The maximum atomic E-state index is 11.4. The van der Waals surface area contributed by atoms with Crippen LogP contribution < -0.4 is 15.4 Å². The Hall–Kier alpha value is -3.99. The highest BCUT2D eigenvalue weighted by Crippen LogP contribution is 2.33. The van der Waals surface area contributed by atoms with E-state index in [-0.39, 0.29) is 17.4 Å². The number of ether oxygens (including phenoxy) is 2. The zero-order valence-electron chi connectivity index (χ0n) is 23.1. The zero-order chi connectivity index (χ0) is 27.6. The van der Waals surface area contributed by atoms with E-state index in [0.717, 1.165) is 35.6 Å². The number of aliphatic imine (C=N–C) groups is 1. The molecule has 202 valence electrons. The number of carbonyl (C=O) groups is 1. The number of hydrogen-bond donors (Lipinski definition) is 2. The van der Waals surface area contributed by atoms with Gasteiger partial charge in [-0.3, -0.25) is 9.48 Å². The summed E-state index contributed by atoms with van der Waals surface area (Å²) in [5.41, 5.74) is 3.34. The molecular formula is C27H36N8O3. The highest BCUT2D eigenvalue weighted by Gasteiger charge is 2.28. The Morgan fingerprint density at radius 1 is 1.37 bits per heavy atom. The molecule has 11 heteroatoms. The standard InChI is InChI=1S/C27H36N8O3/c1-9-19(12-22(28-7)30-17(3)36)38-20-14-29-25-24(16(20)2)34(8)26(32-25)31-23-13-21(27(4,5)6)35(33-23)18-10-11-37-15-18/h9,12-14,18H,7,10-11,15H2,1-6,8H3,(H,30,36)(H,29,31,32,33)/b19-9+,22-12+/t18-/m0/s1. The number of hydrogen-bond acceptors (Lipinski definition) is 8. The van der Waals surface area contributed by atoms with Crippen molar-refractivity contribution in [2.24, 2.45) is 12.0 Å². The molecule has 0 bridgehead atoms. The lowest BCUT2D eigenvalue weighted by Gasteiger charge is -2.22. The minimum atomic E-state index is -0.246. The number of nitrogens with one attached hydrogen (secondary N) is 2. The second-order valence-corrected chi connectivity index (χ2v) is 10.3. The number of aromatic nitrogens is 5. The number of fused-ring (bicyclic) bond motifs is 1. The topological polar surface area (TPSA) is 120 Å². The summed E-state index contributed by atoms with van der Waals surface area (Å²) < 4.78 is 15.8. The van der Waals surface area contributed by atoms with E-state index < -0.39 is 0 Å². The predicted molar refractivity (Wildman–Crippen MR) is 148 cm³/mol. The molecule has 3 aromatic rings. The molecule has 1 fully saturated rings. The van der Waals surface area contributed by atoms with Gasteiger partial charge in [-0.15, -0.1) is 0 Å². The molecule has 0 aliphatic carbocycles. The van der Waals surface area contributed by atoms with Crippen molar-refractivity contribution in [2.45, 2.75) is 59.4 Å². The van der Waals surface area contributed by atoms with Crippen LogP contribution in [-0.4, -0.2) is 50.2 Å². The van der Waals surface area contributed by atoms with E-state index in [0.29, 0.717) is 35.5 Å². The van der Waals surface area contributed by atoms with Crippen LogP contribution in [0.4, 0.5) is 11.8 Å². The van der Waals surface area contributed by atoms with Crippen LogP contribution in [0.15, 0.2) is 41.0 Å². The van der Waals surface area contributed by atoms with Crippen LogP contribution in [0.25, 0.3) is 11.2 Å². The van der Waals surface area contributed by atoms with Crippen LogP contribution in [0, 0.1) is 6.92 Å². The fourth-order valence-electron chi connectivity index (χ4n) is 4.40. The van der Waals surface area contributed by atoms with Crippen molar-refractivity contribution in [1.82, 2.24) is 29.6 Å². The van der Waals surface area contributed by atoms with Crippen LogP contribution in [-0.2, 0) is 22.0 Å². The smallest absolute Gasteiger partial charge is 0.222 e. The minimum Gasteiger partial charge on any atom is -0.456 e. The summed E-state index contributed by atoms with van der Waals surface area (Å²) in [5.74, 6) is 2.44. The van der Waals surface area contributed by atoms with Crippen molar-refractivity contribution < 1.29 is 14.3 Å². The number of nitrogens with zero attached hydrogens (tertiary/aromatic N) is 6. The minimum absolute atomic E-state index is 0.0773. The van der Waals surface area contributed by atoms with E-state index in [4.69, 9.17) is 19.6 Å². The Balaban J connectivity index is 1.64. The van der Waals surface area contributed by atoms with Crippen molar-refractivity contribution in [3.8, 4) is 5.75 Å². The van der Waals surface area contributed by atoms with Crippen LogP contribution >= 0.6 is 0 Å². The van der Waals surface area contributed by atoms with Gasteiger partial charge >= 0.3 is 0 Å². The van der Waals surface area contributed by atoms with E-state index in [1.54, 1.807) is 18.3 Å². The normalized spacial score (nSPS) is 16.7. The van der Waals surface area contributed by atoms with Crippen LogP contribution in [0.5, 0.6) is 5.75 Å². The van der Waals surface area contributed by atoms with Crippen molar-refractivity contribution in [2.75, 3.05) is 18.5 Å². The lowest BCUT2D eigenvalue weighted by molar-refractivity contribution is -0.118. The zero-order valence-corrected chi connectivity index (χ0v) is 23.1. The maximum Gasteiger partial charge on any atom is 0.222 e. The molecule has 0 saturated carbocycles. The molecule has 1 aliphatic rings. The van der Waals surface area contributed by atoms with Crippen molar-refractivity contribution in [3.05, 3.63) is 47.3 Å². The van der Waals surface area contributed by atoms with Gasteiger partial charge in [0.1, 0.15) is 11.6 Å². The van der Waals surface area contributed by atoms with Crippen molar-refractivity contribution in [3.63, 3.8) is 0 Å². The monoisotopic (exact) mass is 520 g/mol. The largest absolute Gasteiger partial charge is 0.456 e. The highest BCUT2D eigenvalue weighted by atomic mass is 16.5. The summed E-state index contributed by atoms with van der Waals surface area (Å²) >= 11 is 0. The van der Waals surface area contributed by atoms with Crippen LogP contribution in [0.2, 0.25) is 0 Å². The first-order chi connectivity index (χ1) is 18.0. The first-order valence-corrected chi connectivity index (χ1v) is 12.6. The van der Waals surface area contributed by atoms with Gasteiger partial charge in [-0.2, -0.15) is 10.1 Å². The molecular weight excluding hydrogens is 484 g/mol. The summed E-state index contributed by atoms with van der Waals surface area (Å²) in [6.07, 6.45) is 5.96. The molecule has 0 aromatic carbocycles. The molecule has 1 aliphatic heterocycles. The summed E-state index contributed by atoms with van der Waals surface area (Å²) in [4.78, 5) is 24.5. The Labute approximate surface area is 222 Å². The van der Waals surface area contributed by atoms with Gasteiger partial charge in [0.2, 0.25) is 11.9 Å². The molecule has 38 heavy (non-hydrogen) atoms. The third-order valence-corrected chi connectivity index (χ3v) is 6.37. The van der Waals surface area contributed by atoms with Gasteiger partial charge in [-0.25, -0.2) is 9.98 Å². The molecule has 0 unspecified atom stereocenters. The number of amides is 1. The SMILES string of the molecule is C=N/C(=C\C(=C/C)Oc1cnc2nc(Nc3cc(C(C)(C)C)n([C@H]4CCOC4)n3)n(C)c2c1C)NC(C)=O. The molecule has 1 amide bonds. The molecule has 3 aromatic heterocycles. The summed E-state index contributed by atoms with van der Waals surface area (Å²) in [7, 11) is 1.93. The molecule has 11 nitrogen and oxygen atoms in total. The number of rotatable bonds is 8. The maximum absolute atomic E-state index is 11.4. The predicted octanol–water partition coefficient (Wildman–Crippen LogP) is 4.44. The van der Waals surface area contributed by atoms with Crippen LogP contribution in [0.3, 0.4) is 0 Å². The average molecular weight is 521 g/mol. The van der Waals surface area contributed by atoms with Gasteiger partial charge < -0.3 is 24.7 Å². The van der Waals surface area contributed by atoms with E-state index in [9.17, 15) is 4.79 Å². The Bertz CT molecular complexity index is 1420. The number of aryl methyl sites for hydroxylation is 2. The van der Waals surface area contributed by atoms with Crippen molar-refractivity contribution >= 4 is 35.6 Å². The lowest BCUT2D eigenvalue weighted by atomic mass is 9.91. The summed E-state index contributed by atoms with van der Waals surface area (Å²) in [5, 5.41) is 10.9. The molecule has 0 spiro atoms. The van der Waals surface area contributed by atoms with Gasteiger partial charge in [0.15, 0.2) is 17.2 Å². The van der Waals surface area contributed by atoms with Crippen LogP contribution in [0.1, 0.15) is 58.3 Å². The van der Waals surface area contributed by atoms with Gasteiger partial charge in [-0.05, 0) is 33.1 Å². The molecule has 1 saturated heterocycles.